The van der Waals surface area contributed by atoms with Crippen molar-refractivity contribution in [3.63, 3.8) is 0 Å². The van der Waals surface area contributed by atoms with Gasteiger partial charge in [-0.15, -0.1) is 0 Å². The molecule has 2 amide bonds. The Kier molecular flexibility index (Phi) is 3.93. The van der Waals surface area contributed by atoms with Gasteiger partial charge in [-0.3, -0.25) is 5.32 Å². The van der Waals surface area contributed by atoms with Gasteiger partial charge in [0.1, 0.15) is 0 Å². The summed E-state index contributed by atoms with van der Waals surface area (Å²) < 4.78 is 55.2. The maximum atomic E-state index is 13.5. The molecule has 1 fully saturated rings. The van der Waals surface area contributed by atoms with Gasteiger partial charge in [0.15, 0.2) is 11.5 Å². The third kappa shape index (κ3) is 2.98. The molecule has 0 unspecified atom stereocenters. The summed E-state index contributed by atoms with van der Waals surface area (Å²) in [6, 6.07) is 2.83. The minimum Gasteiger partial charge on any atom is -0.424 e. The molecule has 1 atom stereocenters. The Labute approximate surface area is 134 Å². The molecule has 1 N–H and O–H groups in total. The topological polar surface area (TPSA) is 60.0 Å². The van der Waals surface area contributed by atoms with E-state index in [9.17, 15) is 18.0 Å². The lowest BCUT2D eigenvalue weighted by Gasteiger charge is -2.33. The first-order valence-electron chi connectivity index (χ1n) is 6.70. The van der Waals surface area contributed by atoms with E-state index in [-0.39, 0.29) is 42.8 Å². The highest BCUT2D eigenvalue weighted by Gasteiger charge is 2.66. The number of fused-ring (bicyclic) bond motifs is 1. The molecule has 1 saturated heterocycles. The molecule has 1 aromatic carbocycles. The van der Waals surface area contributed by atoms with Crippen molar-refractivity contribution in [1.29, 1.82) is 0 Å². The second kappa shape index (κ2) is 5.64. The van der Waals surface area contributed by atoms with E-state index >= 15 is 0 Å². The number of nitrogens with zero attached hydrogens (tertiary/aromatic N) is 1. The first kappa shape index (κ1) is 16.0. The van der Waals surface area contributed by atoms with Gasteiger partial charge in [-0.1, -0.05) is 11.6 Å². The average molecular weight is 353 g/mol. The molecule has 126 valence electrons. The largest absolute Gasteiger partial charge is 0.492 e. The summed E-state index contributed by atoms with van der Waals surface area (Å²) in [5.41, 5.74) is 0. The average Bonchev–Trinajstić information content (AvgIpc) is 2.86. The number of morpholine rings is 1. The lowest BCUT2D eigenvalue weighted by molar-refractivity contribution is -0.318. The van der Waals surface area contributed by atoms with Crippen LogP contribution in [0.15, 0.2) is 18.2 Å². The van der Waals surface area contributed by atoms with Gasteiger partial charge in [0.25, 0.3) is 0 Å². The molecule has 3 rings (SSSR count). The van der Waals surface area contributed by atoms with Gasteiger partial charge in [-0.2, -0.15) is 13.2 Å². The van der Waals surface area contributed by atoms with Crippen LogP contribution in [0.2, 0.25) is 5.02 Å². The number of rotatable bonds is 1. The van der Waals surface area contributed by atoms with Gasteiger partial charge in [-0.05, 0) is 12.1 Å². The molecule has 0 bridgehead atoms. The van der Waals surface area contributed by atoms with Crippen LogP contribution in [0.4, 0.5) is 18.0 Å². The van der Waals surface area contributed by atoms with Crippen molar-refractivity contribution < 1.29 is 32.2 Å². The van der Waals surface area contributed by atoms with Crippen LogP contribution in [0.5, 0.6) is 11.5 Å². The quantitative estimate of drug-likeness (QED) is 0.843. The van der Waals surface area contributed by atoms with Gasteiger partial charge < -0.3 is 19.1 Å². The van der Waals surface area contributed by atoms with Crippen LogP contribution in [-0.2, 0) is 4.74 Å². The van der Waals surface area contributed by atoms with E-state index in [1.807, 2.05) is 0 Å². The fraction of sp³-hybridized carbons (Fsp3) is 0.462. The van der Waals surface area contributed by atoms with Crippen LogP contribution < -0.4 is 14.8 Å². The van der Waals surface area contributed by atoms with E-state index in [4.69, 9.17) is 25.8 Å². The van der Waals surface area contributed by atoms with Crippen molar-refractivity contribution in [3.8, 4) is 11.5 Å². The van der Waals surface area contributed by atoms with E-state index in [0.29, 0.717) is 0 Å². The summed E-state index contributed by atoms with van der Waals surface area (Å²) in [5.74, 6) is -3.64. The third-order valence-electron chi connectivity index (χ3n) is 3.36. The van der Waals surface area contributed by atoms with Gasteiger partial charge in [0, 0.05) is 24.2 Å². The first-order valence-corrected chi connectivity index (χ1v) is 7.08. The van der Waals surface area contributed by atoms with Crippen LogP contribution in [0.3, 0.4) is 0 Å². The van der Waals surface area contributed by atoms with Crippen LogP contribution >= 0.6 is 11.6 Å². The summed E-state index contributed by atoms with van der Waals surface area (Å²) in [6.45, 7) is 0.866. The first-order chi connectivity index (χ1) is 10.8. The van der Waals surface area contributed by atoms with Crippen molar-refractivity contribution in [2.75, 3.05) is 26.3 Å². The number of carbonyl (C=O) groups is 1. The lowest BCUT2D eigenvalue weighted by Crippen LogP contribution is -2.67. The summed E-state index contributed by atoms with van der Waals surface area (Å²) in [4.78, 5) is 13.3. The lowest BCUT2D eigenvalue weighted by atomic mass is 10.3. The number of nitrogens with one attached hydrogen (secondary N) is 1. The Bertz CT molecular complexity index is 622. The zero-order valence-electron chi connectivity index (χ0n) is 11.7. The number of alkyl halides is 3. The summed E-state index contributed by atoms with van der Waals surface area (Å²) in [5, 5.41) is 1.97. The third-order valence-corrected chi connectivity index (χ3v) is 3.59. The molecule has 0 saturated carbocycles. The van der Waals surface area contributed by atoms with Crippen LogP contribution in [0.1, 0.15) is 0 Å². The Hall–Kier alpha value is -1.87. The van der Waals surface area contributed by atoms with Crippen molar-refractivity contribution in [1.82, 2.24) is 10.2 Å². The van der Waals surface area contributed by atoms with Crippen molar-refractivity contribution in [2.45, 2.75) is 12.1 Å². The molecule has 0 spiro atoms. The minimum absolute atomic E-state index is 0.158. The molecule has 23 heavy (non-hydrogen) atoms. The fourth-order valence-corrected chi connectivity index (χ4v) is 2.36. The Balaban J connectivity index is 1.84. The fourth-order valence-electron chi connectivity index (χ4n) is 2.20. The summed E-state index contributed by atoms with van der Waals surface area (Å²) in [6.07, 6.45) is -5.00. The molecular formula is C13H12ClF3N2O4. The maximum Gasteiger partial charge on any atom is 0.492 e. The molecule has 2 aliphatic rings. The van der Waals surface area contributed by atoms with Crippen LogP contribution in [0.25, 0.3) is 0 Å². The predicted octanol–water partition coefficient (Wildman–Crippen LogP) is 2.37. The standard InChI is InChI=1S/C13H12ClF3N2O4/c14-8-1-2-9-10(7-8)23-13(22-9,12(15,16)17)18-11(20)19-3-5-21-6-4-19/h1-2,7H,3-6H2,(H,18,20)/t13-/m1/s1. The number of hydrogen-bond donors (Lipinski definition) is 1. The number of urea groups is 1. The Morgan fingerprint density at radius 3 is 2.52 bits per heavy atom. The van der Waals surface area contributed by atoms with E-state index in [0.717, 1.165) is 0 Å². The normalized spacial score (nSPS) is 23.7. The number of halogens is 4. The van der Waals surface area contributed by atoms with Gasteiger partial charge in [0.05, 0.1) is 13.2 Å². The molecule has 10 heteroatoms. The molecule has 0 aromatic heterocycles. The smallest absolute Gasteiger partial charge is 0.424 e. The minimum atomic E-state index is -5.00. The highest BCUT2D eigenvalue weighted by Crippen LogP contribution is 2.46. The van der Waals surface area contributed by atoms with E-state index in [1.165, 1.54) is 23.1 Å². The monoisotopic (exact) mass is 352 g/mol. The van der Waals surface area contributed by atoms with E-state index in [1.54, 1.807) is 5.32 Å². The van der Waals surface area contributed by atoms with Crippen molar-refractivity contribution in [2.24, 2.45) is 0 Å². The second-order valence-corrected chi connectivity index (χ2v) is 5.38. The summed E-state index contributed by atoms with van der Waals surface area (Å²) >= 11 is 5.73. The highest BCUT2D eigenvalue weighted by molar-refractivity contribution is 6.30. The molecule has 2 heterocycles. The number of amides is 2. The highest BCUT2D eigenvalue weighted by atomic mass is 35.5. The Morgan fingerprint density at radius 2 is 1.87 bits per heavy atom. The van der Waals surface area contributed by atoms with E-state index in [2.05, 4.69) is 0 Å². The molecule has 0 aliphatic carbocycles. The predicted molar refractivity (Wildman–Crippen MR) is 72.4 cm³/mol. The maximum absolute atomic E-state index is 13.5. The number of hydrogen-bond acceptors (Lipinski definition) is 4. The zero-order valence-corrected chi connectivity index (χ0v) is 12.4. The molecular weight excluding hydrogens is 341 g/mol. The summed E-state index contributed by atoms with van der Waals surface area (Å²) in [7, 11) is 0. The van der Waals surface area contributed by atoms with Crippen LogP contribution in [-0.4, -0.2) is 49.3 Å². The number of benzene rings is 1. The zero-order chi connectivity index (χ0) is 16.7. The molecule has 1 aromatic rings. The number of ether oxygens (including phenoxy) is 3. The molecule has 2 aliphatic heterocycles. The van der Waals surface area contributed by atoms with Crippen molar-refractivity contribution in [3.05, 3.63) is 23.2 Å². The van der Waals surface area contributed by atoms with Crippen LogP contribution in [0, 0.1) is 0 Å². The molecule has 6 nitrogen and oxygen atoms in total. The SMILES string of the molecule is O=C(N[C@]1(C(F)(F)F)Oc2ccc(Cl)cc2O1)N1CCOCC1. The second-order valence-electron chi connectivity index (χ2n) is 4.94. The van der Waals surface area contributed by atoms with E-state index < -0.39 is 18.1 Å². The van der Waals surface area contributed by atoms with Crippen molar-refractivity contribution >= 4 is 17.6 Å². The Morgan fingerprint density at radius 1 is 1.22 bits per heavy atom. The number of carbonyl (C=O) groups excluding carboxylic acids is 1. The molecule has 0 radical (unpaired) electrons. The van der Waals surface area contributed by atoms with Gasteiger partial charge in [-0.25, -0.2) is 4.79 Å². The van der Waals surface area contributed by atoms with Gasteiger partial charge in [0.2, 0.25) is 0 Å². The van der Waals surface area contributed by atoms with Gasteiger partial charge >= 0.3 is 18.1 Å².